The Morgan fingerprint density at radius 1 is 1.42 bits per heavy atom. The third-order valence-electron chi connectivity index (χ3n) is 1.54. The number of hydrogen-bond donors (Lipinski definition) is 0. The van der Waals surface area contributed by atoms with Crippen LogP contribution in [0.5, 0.6) is 0 Å². The van der Waals surface area contributed by atoms with Crippen molar-refractivity contribution in [2.45, 2.75) is 33.6 Å². The van der Waals surface area contributed by atoms with E-state index in [2.05, 4.69) is 19.9 Å². The Morgan fingerprint density at radius 3 is 2.67 bits per heavy atom. The average molecular weight is 188 g/mol. The van der Waals surface area contributed by atoms with E-state index in [4.69, 9.17) is 4.74 Å². The summed E-state index contributed by atoms with van der Waals surface area (Å²) < 4.78 is 5.57. The van der Waals surface area contributed by atoms with Gasteiger partial charge in [-0.1, -0.05) is 13.8 Å². The molecule has 0 rings (SSSR count). The zero-order valence-corrected chi connectivity index (χ0v) is 9.25. The summed E-state index contributed by atoms with van der Waals surface area (Å²) in [6, 6.07) is 0. The topological polar surface area (TPSA) is 9.23 Å². The molecule has 0 aromatic carbocycles. The lowest BCUT2D eigenvalue weighted by atomic mass is 10.3. The molecule has 0 spiro atoms. The maximum atomic E-state index is 5.57. The third-order valence-corrected chi connectivity index (χ3v) is 2.40. The van der Waals surface area contributed by atoms with Gasteiger partial charge in [-0.3, -0.25) is 0 Å². The summed E-state index contributed by atoms with van der Waals surface area (Å²) in [7, 11) is 0. The van der Waals surface area contributed by atoms with E-state index in [-0.39, 0.29) is 0 Å². The lowest BCUT2D eigenvalue weighted by molar-refractivity contribution is 0.220. The van der Waals surface area contributed by atoms with Crippen LogP contribution < -0.4 is 0 Å². The Morgan fingerprint density at radius 2 is 2.17 bits per heavy atom. The highest BCUT2D eigenvalue weighted by atomic mass is 32.2. The molecule has 72 valence electrons. The van der Waals surface area contributed by atoms with Crippen molar-refractivity contribution < 1.29 is 4.74 Å². The normalized spacial score (nSPS) is 11.8. The van der Waals surface area contributed by atoms with Crippen molar-refractivity contribution in [1.29, 1.82) is 0 Å². The molecule has 0 aliphatic rings. The van der Waals surface area contributed by atoms with Crippen LogP contribution in [0.3, 0.4) is 0 Å². The Kier molecular flexibility index (Phi) is 8.90. The van der Waals surface area contributed by atoms with Crippen molar-refractivity contribution in [3.8, 4) is 0 Å². The fourth-order valence-electron chi connectivity index (χ4n) is 0.922. The zero-order valence-electron chi connectivity index (χ0n) is 8.43. The van der Waals surface area contributed by atoms with Gasteiger partial charge in [0.05, 0.1) is 12.4 Å². The summed E-state index contributed by atoms with van der Waals surface area (Å²) >= 11 is 1.93. The summed E-state index contributed by atoms with van der Waals surface area (Å²) in [6.07, 6.45) is 4.31. The van der Waals surface area contributed by atoms with Crippen molar-refractivity contribution in [3.63, 3.8) is 0 Å². The van der Waals surface area contributed by atoms with Gasteiger partial charge in [0.25, 0.3) is 0 Å². The molecule has 0 aromatic rings. The first-order valence-corrected chi connectivity index (χ1v) is 5.86. The van der Waals surface area contributed by atoms with E-state index in [0.717, 1.165) is 24.5 Å². The minimum absolute atomic E-state index is 0.859. The number of allylic oxidation sites excluding steroid dienone is 2. The van der Waals surface area contributed by atoms with E-state index in [1.54, 1.807) is 0 Å². The second-order valence-electron chi connectivity index (χ2n) is 2.55. The summed E-state index contributed by atoms with van der Waals surface area (Å²) in [5.74, 6) is 3.44. The van der Waals surface area contributed by atoms with Crippen LogP contribution in [-0.2, 0) is 4.74 Å². The summed E-state index contributed by atoms with van der Waals surface area (Å²) in [6.45, 7) is 7.25. The van der Waals surface area contributed by atoms with E-state index in [0.29, 0.717) is 0 Å². The molecule has 0 unspecified atom stereocenters. The molecule has 0 aromatic heterocycles. The maximum Gasteiger partial charge on any atom is 0.0967 e. The van der Waals surface area contributed by atoms with Gasteiger partial charge in [-0.05, 0) is 25.2 Å². The fraction of sp³-hybridized carbons (Fsp3) is 0.800. The lowest BCUT2D eigenvalue weighted by Gasteiger charge is -2.08. The SMILES string of the molecule is C/C=C(\CCC)OCCSCC. The van der Waals surface area contributed by atoms with Crippen LogP contribution in [0.15, 0.2) is 11.8 Å². The summed E-state index contributed by atoms with van der Waals surface area (Å²) in [4.78, 5) is 0. The smallest absolute Gasteiger partial charge is 0.0967 e. The molecule has 0 heterocycles. The largest absolute Gasteiger partial charge is 0.497 e. The van der Waals surface area contributed by atoms with Crippen LogP contribution in [0.2, 0.25) is 0 Å². The van der Waals surface area contributed by atoms with E-state index in [1.165, 1.54) is 12.2 Å². The molecule has 0 N–H and O–H groups in total. The lowest BCUT2D eigenvalue weighted by Crippen LogP contribution is -1.97. The zero-order chi connectivity index (χ0) is 9.23. The number of ether oxygens (including phenoxy) is 1. The third kappa shape index (κ3) is 6.59. The van der Waals surface area contributed by atoms with E-state index < -0.39 is 0 Å². The molecule has 12 heavy (non-hydrogen) atoms. The summed E-state index contributed by atoms with van der Waals surface area (Å²) in [5.41, 5.74) is 0. The second kappa shape index (κ2) is 8.98. The van der Waals surface area contributed by atoms with Gasteiger partial charge in [0.2, 0.25) is 0 Å². The van der Waals surface area contributed by atoms with Crippen molar-refractivity contribution >= 4 is 11.8 Å². The van der Waals surface area contributed by atoms with E-state index in [1.807, 2.05) is 18.7 Å². The Balaban J connectivity index is 3.33. The van der Waals surface area contributed by atoms with Crippen molar-refractivity contribution in [3.05, 3.63) is 11.8 Å². The second-order valence-corrected chi connectivity index (χ2v) is 3.94. The standard InChI is InChI=1S/C10H20OS/c1-4-7-10(5-2)11-8-9-12-6-3/h5H,4,6-9H2,1-3H3/b10-5+. The van der Waals surface area contributed by atoms with Gasteiger partial charge in [0.15, 0.2) is 0 Å². The predicted octanol–water partition coefficient (Wildman–Crippen LogP) is 3.46. The van der Waals surface area contributed by atoms with Gasteiger partial charge in [0.1, 0.15) is 0 Å². The molecule has 0 aliphatic carbocycles. The monoisotopic (exact) mass is 188 g/mol. The molecule has 0 saturated carbocycles. The molecule has 0 bridgehead atoms. The van der Waals surface area contributed by atoms with Crippen LogP contribution in [0, 0.1) is 0 Å². The van der Waals surface area contributed by atoms with E-state index >= 15 is 0 Å². The van der Waals surface area contributed by atoms with Gasteiger partial charge in [-0.2, -0.15) is 11.8 Å². The van der Waals surface area contributed by atoms with Crippen LogP contribution in [0.4, 0.5) is 0 Å². The fourth-order valence-corrected chi connectivity index (χ4v) is 1.41. The first-order chi connectivity index (χ1) is 5.85. The highest BCUT2D eigenvalue weighted by Crippen LogP contribution is 2.07. The molecule has 0 aliphatic heterocycles. The van der Waals surface area contributed by atoms with Crippen LogP contribution in [-0.4, -0.2) is 18.1 Å². The highest BCUT2D eigenvalue weighted by molar-refractivity contribution is 7.99. The molecular weight excluding hydrogens is 168 g/mol. The van der Waals surface area contributed by atoms with Gasteiger partial charge < -0.3 is 4.74 Å². The van der Waals surface area contributed by atoms with E-state index in [9.17, 15) is 0 Å². The molecule has 2 heteroatoms. The highest BCUT2D eigenvalue weighted by Gasteiger charge is 1.94. The first-order valence-electron chi connectivity index (χ1n) is 4.70. The maximum absolute atomic E-state index is 5.57. The van der Waals surface area contributed by atoms with Crippen LogP contribution >= 0.6 is 11.8 Å². The molecule has 0 amide bonds. The van der Waals surface area contributed by atoms with Crippen molar-refractivity contribution in [2.75, 3.05) is 18.1 Å². The molecular formula is C10H20OS. The minimum Gasteiger partial charge on any atom is -0.497 e. The van der Waals surface area contributed by atoms with Gasteiger partial charge in [-0.25, -0.2) is 0 Å². The van der Waals surface area contributed by atoms with Gasteiger partial charge in [0, 0.05) is 12.2 Å². The molecule has 1 nitrogen and oxygen atoms in total. The number of thioether (sulfide) groups is 1. The Bertz CT molecular complexity index is 121. The minimum atomic E-state index is 0.859. The quantitative estimate of drug-likeness (QED) is 0.447. The molecule has 0 atom stereocenters. The molecule has 0 fully saturated rings. The molecule has 0 radical (unpaired) electrons. The van der Waals surface area contributed by atoms with Crippen molar-refractivity contribution in [1.82, 2.24) is 0 Å². The average Bonchev–Trinajstić information content (AvgIpc) is 2.10. The van der Waals surface area contributed by atoms with Crippen LogP contribution in [0.1, 0.15) is 33.6 Å². The predicted molar refractivity (Wildman–Crippen MR) is 57.6 cm³/mol. The van der Waals surface area contributed by atoms with Gasteiger partial charge in [-0.15, -0.1) is 0 Å². The Hall–Kier alpha value is -0.110. The summed E-state index contributed by atoms with van der Waals surface area (Å²) in [5, 5.41) is 0. The van der Waals surface area contributed by atoms with Crippen molar-refractivity contribution in [2.24, 2.45) is 0 Å². The number of hydrogen-bond acceptors (Lipinski definition) is 2. The van der Waals surface area contributed by atoms with Crippen LogP contribution in [0.25, 0.3) is 0 Å². The number of rotatable bonds is 7. The Labute approximate surface area is 80.6 Å². The van der Waals surface area contributed by atoms with Gasteiger partial charge >= 0.3 is 0 Å². The first kappa shape index (κ1) is 11.9. The molecule has 0 saturated heterocycles.